The quantitative estimate of drug-likeness (QED) is 0.877. The van der Waals surface area contributed by atoms with Crippen LogP contribution in [0.25, 0.3) is 0 Å². The molecule has 2 aromatic rings. The van der Waals surface area contributed by atoms with Crippen molar-refractivity contribution >= 4 is 5.97 Å². The van der Waals surface area contributed by atoms with Gasteiger partial charge in [-0.25, -0.2) is 13.9 Å². The van der Waals surface area contributed by atoms with Crippen LogP contribution in [0.15, 0.2) is 24.3 Å². The Hall–Kier alpha value is -2.31. The standard InChI is InChI=1S/C11H11FN4O2/c1-7(11(17)18)16-10(13-14-15-16)6-8-4-2-3-5-9(8)12/h2-5,7H,6H2,1H3,(H,17,18). The maximum atomic E-state index is 13.5. The molecule has 94 valence electrons. The number of rotatable bonds is 4. The molecule has 0 fully saturated rings. The van der Waals surface area contributed by atoms with E-state index in [1.807, 2.05) is 0 Å². The molecule has 0 radical (unpaired) electrons. The summed E-state index contributed by atoms with van der Waals surface area (Å²) in [6, 6.07) is 5.35. The fourth-order valence-corrected chi connectivity index (χ4v) is 1.55. The zero-order valence-corrected chi connectivity index (χ0v) is 9.62. The van der Waals surface area contributed by atoms with Crippen molar-refractivity contribution in [2.45, 2.75) is 19.4 Å². The van der Waals surface area contributed by atoms with Crippen LogP contribution in [0.4, 0.5) is 4.39 Å². The van der Waals surface area contributed by atoms with E-state index in [9.17, 15) is 9.18 Å². The number of aromatic nitrogens is 4. The second-order valence-electron chi connectivity index (χ2n) is 3.82. The van der Waals surface area contributed by atoms with E-state index in [4.69, 9.17) is 5.11 Å². The van der Waals surface area contributed by atoms with Crippen molar-refractivity contribution in [1.29, 1.82) is 0 Å². The molecule has 0 saturated carbocycles. The lowest BCUT2D eigenvalue weighted by molar-refractivity contribution is -0.140. The van der Waals surface area contributed by atoms with Gasteiger partial charge in [-0.1, -0.05) is 18.2 Å². The van der Waals surface area contributed by atoms with Gasteiger partial charge in [-0.2, -0.15) is 0 Å². The normalized spacial score (nSPS) is 12.3. The van der Waals surface area contributed by atoms with E-state index < -0.39 is 12.0 Å². The topological polar surface area (TPSA) is 80.9 Å². The number of carboxylic acids is 1. The molecule has 1 aromatic carbocycles. The van der Waals surface area contributed by atoms with E-state index in [2.05, 4.69) is 15.5 Å². The smallest absolute Gasteiger partial charge is 0.328 e. The summed E-state index contributed by atoms with van der Waals surface area (Å²) in [7, 11) is 0. The molecule has 0 bridgehead atoms. The lowest BCUT2D eigenvalue weighted by Crippen LogP contribution is -2.19. The summed E-state index contributed by atoms with van der Waals surface area (Å²) >= 11 is 0. The van der Waals surface area contributed by atoms with Gasteiger partial charge in [0.1, 0.15) is 11.9 Å². The fraction of sp³-hybridized carbons (Fsp3) is 0.273. The van der Waals surface area contributed by atoms with Crippen molar-refractivity contribution in [3.63, 3.8) is 0 Å². The van der Waals surface area contributed by atoms with Gasteiger partial charge >= 0.3 is 5.97 Å². The summed E-state index contributed by atoms with van der Waals surface area (Å²) in [6.45, 7) is 1.46. The van der Waals surface area contributed by atoms with Crippen molar-refractivity contribution in [1.82, 2.24) is 20.2 Å². The van der Waals surface area contributed by atoms with Gasteiger partial charge in [0.05, 0.1) is 0 Å². The molecule has 2 rings (SSSR count). The van der Waals surface area contributed by atoms with Gasteiger partial charge in [-0.05, 0) is 29.0 Å². The number of carboxylic acid groups (broad SMARTS) is 1. The average molecular weight is 250 g/mol. The van der Waals surface area contributed by atoms with Gasteiger partial charge in [-0.3, -0.25) is 0 Å². The summed E-state index contributed by atoms with van der Waals surface area (Å²) < 4.78 is 14.7. The summed E-state index contributed by atoms with van der Waals surface area (Å²) in [5.41, 5.74) is 0.422. The van der Waals surface area contributed by atoms with Gasteiger partial charge < -0.3 is 5.11 Å². The first-order chi connectivity index (χ1) is 8.59. The molecular weight excluding hydrogens is 239 g/mol. The lowest BCUT2D eigenvalue weighted by Gasteiger charge is -2.08. The van der Waals surface area contributed by atoms with Gasteiger partial charge in [-0.15, -0.1) is 5.10 Å². The van der Waals surface area contributed by atoms with Crippen molar-refractivity contribution in [2.24, 2.45) is 0 Å². The monoisotopic (exact) mass is 250 g/mol. The Morgan fingerprint density at radius 2 is 2.22 bits per heavy atom. The van der Waals surface area contributed by atoms with Crippen LogP contribution in [-0.2, 0) is 11.2 Å². The Balaban J connectivity index is 2.28. The molecular formula is C11H11FN4O2. The Kier molecular flexibility index (Phi) is 3.31. The molecule has 0 aliphatic rings. The number of hydrogen-bond acceptors (Lipinski definition) is 4. The highest BCUT2D eigenvalue weighted by Crippen LogP contribution is 2.13. The average Bonchev–Trinajstić information content (AvgIpc) is 2.79. The third kappa shape index (κ3) is 2.34. The number of tetrazole rings is 1. The Labute approximate surface area is 102 Å². The molecule has 0 aliphatic carbocycles. The number of nitrogens with zero attached hydrogens (tertiary/aromatic N) is 4. The molecule has 0 amide bonds. The molecule has 0 saturated heterocycles. The van der Waals surface area contributed by atoms with Crippen LogP contribution in [0.3, 0.4) is 0 Å². The third-order valence-electron chi connectivity index (χ3n) is 2.59. The Morgan fingerprint density at radius 3 is 2.89 bits per heavy atom. The molecule has 1 atom stereocenters. The van der Waals surface area contributed by atoms with Crippen LogP contribution in [0.5, 0.6) is 0 Å². The molecule has 0 aliphatic heterocycles. The van der Waals surface area contributed by atoms with Crippen molar-refractivity contribution < 1.29 is 14.3 Å². The van der Waals surface area contributed by atoms with Crippen LogP contribution in [-0.4, -0.2) is 31.3 Å². The highest BCUT2D eigenvalue weighted by atomic mass is 19.1. The maximum Gasteiger partial charge on any atom is 0.328 e. The summed E-state index contributed by atoms with van der Waals surface area (Å²) in [5, 5.41) is 19.7. The van der Waals surface area contributed by atoms with E-state index in [0.29, 0.717) is 11.4 Å². The number of benzene rings is 1. The Morgan fingerprint density at radius 1 is 1.50 bits per heavy atom. The predicted octanol–water partition coefficient (Wildman–Crippen LogP) is 1.05. The molecule has 0 spiro atoms. The number of aliphatic carboxylic acids is 1. The van der Waals surface area contributed by atoms with Crippen molar-refractivity contribution in [2.75, 3.05) is 0 Å². The lowest BCUT2D eigenvalue weighted by atomic mass is 10.1. The molecule has 1 N–H and O–H groups in total. The first-order valence-corrected chi connectivity index (χ1v) is 5.32. The highest BCUT2D eigenvalue weighted by molar-refractivity contribution is 5.71. The summed E-state index contributed by atoms with van der Waals surface area (Å²) in [6.07, 6.45) is 0.150. The zero-order valence-electron chi connectivity index (χ0n) is 9.62. The molecule has 1 heterocycles. The van der Waals surface area contributed by atoms with Crippen LogP contribution in [0.2, 0.25) is 0 Å². The van der Waals surface area contributed by atoms with Gasteiger partial charge in [0.2, 0.25) is 0 Å². The summed E-state index contributed by atoms with van der Waals surface area (Å²) in [5.74, 6) is -1.10. The van der Waals surface area contributed by atoms with E-state index in [-0.39, 0.29) is 12.2 Å². The summed E-state index contributed by atoms with van der Waals surface area (Å²) in [4.78, 5) is 10.9. The van der Waals surface area contributed by atoms with Crippen molar-refractivity contribution in [3.8, 4) is 0 Å². The number of hydrogen-bond donors (Lipinski definition) is 1. The van der Waals surface area contributed by atoms with Gasteiger partial charge in [0.15, 0.2) is 5.82 Å². The van der Waals surface area contributed by atoms with Crippen LogP contribution < -0.4 is 0 Å². The highest BCUT2D eigenvalue weighted by Gasteiger charge is 2.19. The zero-order chi connectivity index (χ0) is 13.1. The molecule has 18 heavy (non-hydrogen) atoms. The fourth-order valence-electron chi connectivity index (χ4n) is 1.55. The minimum atomic E-state index is -1.04. The minimum Gasteiger partial charge on any atom is -0.480 e. The second kappa shape index (κ2) is 4.91. The van der Waals surface area contributed by atoms with E-state index in [0.717, 1.165) is 0 Å². The number of carbonyl (C=O) groups is 1. The molecule has 1 aromatic heterocycles. The van der Waals surface area contributed by atoms with Gasteiger partial charge in [0, 0.05) is 6.42 Å². The largest absolute Gasteiger partial charge is 0.480 e. The van der Waals surface area contributed by atoms with E-state index in [1.165, 1.54) is 17.7 Å². The Bertz CT molecular complexity index is 570. The van der Waals surface area contributed by atoms with Gasteiger partial charge in [0.25, 0.3) is 0 Å². The molecule has 6 nitrogen and oxygen atoms in total. The second-order valence-corrected chi connectivity index (χ2v) is 3.82. The van der Waals surface area contributed by atoms with Crippen molar-refractivity contribution in [3.05, 3.63) is 41.5 Å². The van der Waals surface area contributed by atoms with E-state index >= 15 is 0 Å². The first-order valence-electron chi connectivity index (χ1n) is 5.32. The van der Waals surface area contributed by atoms with Crippen LogP contribution in [0.1, 0.15) is 24.4 Å². The minimum absolute atomic E-state index is 0.150. The predicted molar refractivity (Wildman–Crippen MR) is 59.4 cm³/mol. The maximum absolute atomic E-state index is 13.5. The van der Waals surface area contributed by atoms with E-state index in [1.54, 1.807) is 18.2 Å². The number of halogens is 1. The first kappa shape index (κ1) is 12.2. The molecule has 7 heteroatoms. The third-order valence-corrected chi connectivity index (χ3v) is 2.59. The van der Waals surface area contributed by atoms with Crippen LogP contribution >= 0.6 is 0 Å². The SMILES string of the molecule is CC(C(=O)O)n1nnnc1Cc1ccccc1F. The van der Waals surface area contributed by atoms with Crippen LogP contribution in [0, 0.1) is 5.82 Å². The molecule has 1 unspecified atom stereocenters.